The summed E-state index contributed by atoms with van der Waals surface area (Å²) in [6, 6.07) is 5.82. The van der Waals surface area contributed by atoms with Gasteiger partial charge in [0.25, 0.3) is 10.0 Å². The number of phenolic OH excluding ortho intramolecular Hbond substituents is 1. The van der Waals surface area contributed by atoms with Gasteiger partial charge in [0.15, 0.2) is 0 Å². The normalized spacial score (nSPS) is 13.4. The first-order valence-electron chi connectivity index (χ1n) is 8.02. The van der Waals surface area contributed by atoms with Gasteiger partial charge in [-0.1, -0.05) is 36.9 Å². The average molecular weight is 405 g/mol. The summed E-state index contributed by atoms with van der Waals surface area (Å²) in [5.74, 6) is -0.295. The lowest BCUT2D eigenvalue weighted by Gasteiger charge is -2.19. The Balaban J connectivity index is 2.03. The number of anilines is 2. The third-order valence-corrected chi connectivity index (χ3v) is 5.92. The zero-order chi connectivity index (χ0) is 19.8. The number of rotatable bonds is 5. The predicted molar refractivity (Wildman–Crippen MR) is 108 cm³/mol. The number of carbonyl (C=O) groups excluding carboxylic acids is 1. The molecule has 0 bridgehead atoms. The number of hydrogen-bond donors (Lipinski definition) is 3. The van der Waals surface area contributed by atoms with Gasteiger partial charge in [0, 0.05) is 23.2 Å². The Morgan fingerprint density at radius 3 is 2.52 bits per heavy atom. The molecule has 2 aromatic rings. The highest BCUT2D eigenvalue weighted by Crippen LogP contribution is 2.38. The standard InChI is InChI=1S/C19H17ClN2O4S/c1-3-13-14(4-2)19(24)15(20)10-17(13)22-27(25,26)12-6-7-16-11(9-12)5-8-18(23)21-16/h3-4,6-7,9-10,22,24H,1-2,5,8H2,(H,21,23). The number of sulfonamides is 1. The van der Waals surface area contributed by atoms with E-state index in [1.807, 2.05) is 0 Å². The molecule has 6 nitrogen and oxygen atoms in total. The number of nitrogens with one attached hydrogen (secondary N) is 2. The number of benzene rings is 2. The molecule has 1 aliphatic rings. The van der Waals surface area contributed by atoms with Crippen LogP contribution in [-0.4, -0.2) is 19.4 Å². The van der Waals surface area contributed by atoms with E-state index in [1.54, 1.807) is 6.07 Å². The largest absolute Gasteiger partial charge is 0.506 e. The minimum atomic E-state index is -3.93. The highest BCUT2D eigenvalue weighted by molar-refractivity contribution is 7.92. The van der Waals surface area contributed by atoms with Gasteiger partial charge < -0.3 is 10.4 Å². The van der Waals surface area contributed by atoms with Gasteiger partial charge in [0.05, 0.1) is 15.6 Å². The predicted octanol–water partition coefficient (Wildman–Crippen LogP) is 4.02. The molecule has 140 valence electrons. The molecular formula is C19H17ClN2O4S. The number of halogens is 1. The van der Waals surface area contributed by atoms with Gasteiger partial charge in [-0.2, -0.15) is 0 Å². The van der Waals surface area contributed by atoms with Gasteiger partial charge in [-0.15, -0.1) is 0 Å². The van der Waals surface area contributed by atoms with Crippen molar-refractivity contribution in [1.82, 2.24) is 0 Å². The molecule has 27 heavy (non-hydrogen) atoms. The quantitative estimate of drug-likeness (QED) is 0.656. The maximum absolute atomic E-state index is 12.9. The fraction of sp³-hybridized carbons (Fsp3) is 0.105. The van der Waals surface area contributed by atoms with E-state index < -0.39 is 10.0 Å². The van der Waals surface area contributed by atoms with Crippen molar-refractivity contribution in [2.45, 2.75) is 17.7 Å². The molecule has 0 fully saturated rings. The summed E-state index contributed by atoms with van der Waals surface area (Å²) in [6.45, 7) is 7.27. The van der Waals surface area contributed by atoms with E-state index in [9.17, 15) is 18.3 Å². The van der Waals surface area contributed by atoms with Crippen LogP contribution in [0.15, 0.2) is 42.3 Å². The monoisotopic (exact) mass is 404 g/mol. The minimum Gasteiger partial charge on any atom is -0.506 e. The second-order valence-electron chi connectivity index (χ2n) is 5.96. The smallest absolute Gasteiger partial charge is 0.261 e. The molecule has 0 spiro atoms. The van der Waals surface area contributed by atoms with Gasteiger partial charge >= 0.3 is 0 Å². The third kappa shape index (κ3) is 3.56. The molecule has 3 N–H and O–H groups in total. The molecule has 0 atom stereocenters. The molecule has 0 radical (unpaired) electrons. The van der Waals surface area contributed by atoms with Crippen LogP contribution in [0, 0.1) is 0 Å². The van der Waals surface area contributed by atoms with Gasteiger partial charge in [0.1, 0.15) is 5.75 Å². The van der Waals surface area contributed by atoms with Crippen molar-refractivity contribution in [3.8, 4) is 5.75 Å². The summed E-state index contributed by atoms with van der Waals surface area (Å²) in [7, 11) is -3.93. The van der Waals surface area contributed by atoms with E-state index in [1.165, 1.54) is 30.4 Å². The zero-order valence-corrected chi connectivity index (χ0v) is 15.8. The minimum absolute atomic E-state index is 0.0126. The second kappa shape index (κ2) is 7.09. The molecule has 0 aromatic heterocycles. The fourth-order valence-electron chi connectivity index (χ4n) is 2.92. The second-order valence-corrected chi connectivity index (χ2v) is 8.05. The lowest BCUT2D eigenvalue weighted by molar-refractivity contribution is -0.116. The first kappa shape index (κ1) is 19.0. The Kier molecular flexibility index (Phi) is 4.99. The molecule has 3 rings (SSSR count). The average Bonchev–Trinajstić information content (AvgIpc) is 2.63. The number of aryl methyl sites for hydroxylation is 1. The van der Waals surface area contributed by atoms with Gasteiger partial charge in [-0.3, -0.25) is 9.52 Å². The Labute approximate surface area is 162 Å². The lowest BCUT2D eigenvalue weighted by Crippen LogP contribution is -2.20. The first-order valence-corrected chi connectivity index (χ1v) is 9.89. The first-order chi connectivity index (χ1) is 12.8. The molecule has 0 unspecified atom stereocenters. The molecule has 0 saturated carbocycles. The summed E-state index contributed by atoms with van der Waals surface area (Å²) in [5.41, 5.74) is 2.17. The van der Waals surface area contributed by atoms with Crippen LogP contribution in [-0.2, 0) is 21.2 Å². The van der Waals surface area contributed by atoms with Crippen LogP contribution in [0.5, 0.6) is 5.75 Å². The molecule has 2 aromatic carbocycles. The fourth-order valence-corrected chi connectivity index (χ4v) is 4.25. The van der Waals surface area contributed by atoms with Crippen molar-refractivity contribution in [2.75, 3.05) is 10.0 Å². The van der Waals surface area contributed by atoms with Gasteiger partial charge in [-0.25, -0.2) is 8.42 Å². The number of aromatic hydroxyl groups is 1. The number of amides is 1. The van der Waals surface area contributed by atoms with Crippen LogP contribution in [0.3, 0.4) is 0 Å². The van der Waals surface area contributed by atoms with Crippen LogP contribution in [0.4, 0.5) is 11.4 Å². The SMILES string of the molecule is C=Cc1c(NS(=O)(=O)c2ccc3c(c2)CCC(=O)N3)cc(Cl)c(O)c1C=C. The summed E-state index contributed by atoms with van der Waals surface area (Å²) < 4.78 is 28.2. The van der Waals surface area contributed by atoms with Crippen molar-refractivity contribution >= 4 is 51.1 Å². The van der Waals surface area contributed by atoms with E-state index >= 15 is 0 Å². The van der Waals surface area contributed by atoms with Crippen LogP contribution >= 0.6 is 11.6 Å². The van der Waals surface area contributed by atoms with Crippen molar-refractivity contribution in [1.29, 1.82) is 0 Å². The molecule has 0 saturated heterocycles. The third-order valence-electron chi connectivity index (χ3n) is 4.27. The maximum Gasteiger partial charge on any atom is 0.261 e. The van der Waals surface area contributed by atoms with E-state index in [-0.39, 0.29) is 32.8 Å². The molecule has 8 heteroatoms. The number of phenols is 1. The van der Waals surface area contributed by atoms with Gasteiger partial charge in [0.2, 0.25) is 5.91 Å². The zero-order valence-electron chi connectivity index (χ0n) is 14.3. The van der Waals surface area contributed by atoms with Gasteiger partial charge in [-0.05, 0) is 36.2 Å². The van der Waals surface area contributed by atoms with Crippen molar-refractivity contribution in [3.05, 3.63) is 59.1 Å². The number of fused-ring (bicyclic) bond motifs is 1. The Hall–Kier alpha value is -2.77. The Morgan fingerprint density at radius 1 is 1.15 bits per heavy atom. The highest BCUT2D eigenvalue weighted by Gasteiger charge is 2.22. The summed E-state index contributed by atoms with van der Waals surface area (Å²) >= 11 is 6.00. The molecule has 0 aliphatic carbocycles. The van der Waals surface area contributed by atoms with Crippen molar-refractivity contribution in [2.24, 2.45) is 0 Å². The highest BCUT2D eigenvalue weighted by atomic mass is 35.5. The molecule has 1 amide bonds. The molecule has 1 heterocycles. The topological polar surface area (TPSA) is 95.5 Å². The lowest BCUT2D eigenvalue weighted by atomic mass is 10.0. The van der Waals surface area contributed by atoms with Crippen molar-refractivity contribution in [3.63, 3.8) is 0 Å². The van der Waals surface area contributed by atoms with E-state index in [0.29, 0.717) is 24.1 Å². The number of carbonyl (C=O) groups is 1. The van der Waals surface area contributed by atoms with Crippen molar-refractivity contribution < 1.29 is 18.3 Å². The van der Waals surface area contributed by atoms with Crippen LogP contribution in [0.2, 0.25) is 5.02 Å². The molecule has 1 aliphatic heterocycles. The van der Waals surface area contributed by atoms with Crippen LogP contribution in [0.1, 0.15) is 23.1 Å². The van der Waals surface area contributed by atoms with Crippen LogP contribution < -0.4 is 10.0 Å². The van der Waals surface area contributed by atoms with E-state index in [2.05, 4.69) is 23.2 Å². The van der Waals surface area contributed by atoms with Crippen LogP contribution in [0.25, 0.3) is 12.2 Å². The molecular weight excluding hydrogens is 388 g/mol. The summed E-state index contributed by atoms with van der Waals surface area (Å²) in [5, 5.41) is 12.7. The van der Waals surface area contributed by atoms with E-state index in [4.69, 9.17) is 11.6 Å². The maximum atomic E-state index is 12.9. The number of hydrogen-bond acceptors (Lipinski definition) is 4. The summed E-state index contributed by atoms with van der Waals surface area (Å²) in [4.78, 5) is 11.5. The Morgan fingerprint density at radius 2 is 1.85 bits per heavy atom. The van der Waals surface area contributed by atoms with E-state index in [0.717, 1.165) is 5.56 Å². The summed E-state index contributed by atoms with van der Waals surface area (Å²) in [6.07, 6.45) is 3.56. The Bertz CT molecular complexity index is 1080.